The summed E-state index contributed by atoms with van der Waals surface area (Å²) in [6.45, 7) is 0. The van der Waals surface area contributed by atoms with Crippen LogP contribution in [0.4, 0.5) is 11.6 Å². The van der Waals surface area contributed by atoms with Gasteiger partial charge < -0.3 is 10.6 Å². The zero-order valence-corrected chi connectivity index (χ0v) is 13.5. The molecule has 3 rings (SSSR count). The van der Waals surface area contributed by atoms with Gasteiger partial charge in [-0.05, 0) is 42.7 Å². The molecule has 1 aliphatic carbocycles. The average molecular weight is 331 g/mol. The number of nitrogens with one attached hydrogen (secondary N) is 2. The van der Waals surface area contributed by atoms with Gasteiger partial charge in [-0.15, -0.1) is 10.2 Å². The minimum absolute atomic E-state index is 0.127. The molecule has 1 heterocycles. The van der Waals surface area contributed by atoms with Crippen LogP contribution >= 0.6 is 11.6 Å². The molecule has 0 spiro atoms. The normalized spacial score (nSPS) is 14.7. The predicted molar refractivity (Wildman–Crippen MR) is 91.7 cm³/mol. The maximum absolute atomic E-state index is 12.0. The molecule has 0 bridgehead atoms. The number of hydrogen-bond acceptors (Lipinski definition) is 4. The molecule has 1 fully saturated rings. The van der Waals surface area contributed by atoms with Crippen molar-refractivity contribution in [1.82, 2.24) is 10.2 Å². The zero-order chi connectivity index (χ0) is 16.1. The van der Waals surface area contributed by atoms with Crippen LogP contribution in [0.3, 0.4) is 0 Å². The Morgan fingerprint density at radius 1 is 1.04 bits per heavy atom. The standard InChI is InChI=1S/C17H19ClN4O/c18-13-7-5-12(6-8-13)11-17(23)20-16-10-9-15(21-22-16)19-14-3-1-2-4-14/h5-10,14H,1-4,11H2,(H,19,21)(H,20,22,23). The summed E-state index contributed by atoms with van der Waals surface area (Å²) in [5.41, 5.74) is 0.902. The average Bonchev–Trinajstić information content (AvgIpc) is 3.04. The highest BCUT2D eigenvalue weighted by Gasteiger charge is 2.15. The third-order valence-corrected chi connectivity index (χ3v) is 4.17. The van der Waals surface area contributed by atoms with Gasteiger partial charge in [0.05, 0.1) is 6.42 Å². The van der Waals surface area contributed by atoms with E-state index < -0.39 is 0 Å². The van der Waals surface area contributed by atoms with Gasteiger partial charge in [0.1, 0.15) is 5.82 Å². The molecule has 6 heteroatoms. The Morgan fingerprint density at radius 3 is 2.35 bits per heavy atom. The van der Waals surface area contributed by atoms with E-state index in [1.807, 2.05) is 18.2 Å². The number of hydrogen-bond donors (Lipinski definition) is 2. The lowest BCUT2D eigenvalue weighted by Crippen LogP contribution is -2.18. The number of aromatic nitrogens is 2. The van der Waals surface area contributed by atoms with Crippen molar-refractivity contribution in [2.45, 2.75) is 38.1 Å². The third kappa shape index (κ3) is 4.66. The van der Waals surface area contributed by atoms with E-state index in [2.05, 4.69) is 20.8 Å². The summed E-state index contributed by atoms with van der Waals surface area (Å²) >= 11 is 5.83. The molecule has 120 valence electrons. The van der Waals surface area contributed by atoms with E-state index in [-0.39, 0.29) is 12.3 Å². The highest BCUT2D eigenvalue weighted by atomic mass is 35.5. The SMILES string of the molecule is O=C(Cc1ccc(Cl)cc1)Nc1ccc(NC2CCCC2)nn1. The maximum atomic E-state index is 12.0. The molecule has 23 heavy (non-hydrogen) atoms. The fourth-order valence-corrected chi connectivity index (χ4v) is 2.86. The second-order valence-electron chi connectivity index (χ2n) is 5.78. The van der Waals surface area contributed by atoms with Crippen LogP contribution in [0.25, 0.3) is 0 Å². The number of amides is 1. The second-order valence-corrected chi connectivity index (χ2v) is 6.22. The maximum Gasteiger partial charge on any atom is 0.229 e. The first-order chi connectivity index (χ1) is 11.2. The number of carbonyl (C=O) groups is 1. The van der Waals surface area contributed by atoms with Crippen molar-refractivity contribution >= 4 is 29.1 Å². The van der Waals surface area contributed by atoms with Crippen molar-refractivity contribution in [1.29, 1.82) is 0 Å². The highest BCUT2D eigenvalue weighted by Crippen LogP contribution is 2.21. The molecule has 1 aliphatic rings. The van der Waals surface area contributed by atoms with Gasteiger partial charge in [-0.25, -0.2) is 0 Å². The topological polar surface area (TPSA) is 66.9 Å². The van der Waals surface area contributed by atoms with Crippen molar-refractivity contribution in [3.63, 3.8) is 0 Å². The van der Waals surface area contributed by atoms with Crippen LogP contribution in [0.5, 0.6) is 0 Å². The van der Waals surface area contributed by atoms with Crippen LogP contribution in [-0.4, -0.2) is 22.1 Å². The lowest BCUT2D eigenvalue weighted by atomic mass is 10.1. The summed E-state index contributed by atoms with van der Waals surface area (Å²) < 4.78 is 0. The van der Waals surface area contributed by atoms with Gasteiger partial charge in [-0.2, -0.15) is 0 Å². The van der Waals surface area contributed by atoms with E-state index in [0.717, 1.165) is 11.4 Å². The molecule has 1 saturated carbocycles. The molecule has 2 aromatic rings. The van der Waals surface area contributed by atoms with Crippen LogP contribution < -0.4 is 10.6 Å². The van der Waals surface area contributed by atoms with Gasteiger partial charge >= 0.3 is 0 Å². The minimum atomic E-state index is -0.127. The van der Waals surface area contributed by atoms with Crippen molar-refractivity contribution in [2.75, 3.05) is 10.6 Å². The molecule has 2 N–H and O–H groups in total. The molecule has 0 unspecified atom stereocenters. The van der Waals surface area contributed by atoms with Gasteiger partial charge in [0.25, 0.3) is 0 Å². The van der Waals surface area contributed by atoms with Crippen LogP contribution in [0.2, 0.25) is 5.02 Å². The largest absolute Gasteiger partial charge is 0.366 e. The minimum Gasteiger partial charge on any atom is -0.366 e. The molecule has 1 amide bonds. The van der Waals surface area contributed by atoms with Crippen LogP contribution in [0.1, 0.15) is 31.2 Å². The lowest BCUT2D eigenvalue weighted by Gasteiger charge is -2.12. The summed E-state index contributed by atoms with van der Waals surface area (Å²) in [7, 11) is 0. The first-order valence-corrected chi connectivity index (χ1v) is 8.21. The molecule has 1 aromatic heterocycles. The molecule has 0 saturated heterocycles. The fraction of sp³-hybridized carbons (Fsp3) is 0.353. The smallest absolute Gasteiger partial charge is 0.229 e. The monoisotopic (exact) mass is 330 g/mol. The number of benzene rings is 1. The Labute approximate surface area is 140 Å². The molecular formula is C17H19ClN4O. The van der Waals surface area contributed by atoms with Crippen molar-refractivity contribution in [3.8, 4) is 0 Å². The van der Waals surface area contributed by atoms with Crippen LogP contribution in [0, 0.1) is 0 Å². The van der Waals surface area contributed by atoms with E-state index in [0.29, 0.717) is 16.9 Å². The Hall–Kier alpha value is -2.14. The number of rotatable bonds is 5. The summed E-state index contributed by atoms with van der Waals surface area (Å²) in [5, 5.41) is 14.9. The lowest BCUT2D eigenvalue weighted by molar-refractivity contribution is -0.115. The fourth-order valence-electron chi connectivity index (χ4n) is 2.73. The number of anilines is 2. The molecule has 0 radical (unpaired) electrons. The van der Waals surface area contributed by atoms with Gasteiger partial charge in [0.15, 0.2) is 5.82 Å². The molecule has 1 aromatic carbocycles. The van der Waals surface area contributed by atoms with E-state index in [1.54, 1.807) is 18.2 Å². The van der Waals surface area contributed by atoms with E-state index in [1.165, 1.54) is 25.7 Å². The summed E-state index contributed by atoms with van der Waals surface area (Å²) in [4.78, 5) is 12.0. The number of halogens is 1. The number of nitrogens with zero attached hydrogens (tertiary/aromatic N) is 2. The Bertz CT molecular complexity index is 651. The van der Waals surface area contributed by atoms with Crippen molar-refractivity contribution in [2.24, 2.45) is 0 Å². The summed E-state index contributed by atoms with van der Waals surface area (Å²) in [6.07, 6.45) is 5.18. The predicted octanol–water partition coefficient (Wildman–Crippen LogP) is 3.67. The van der Waals surface area contributed by atoms with E-state index >= 15 is 0 Å². The van der Waals surface area contributed by atoms with Gasteiger partial charge in [-0.1, -0.05) is 36.6 Å². The van der Waals surface area contributed by atoms with Crippen molar-refractivity contribution < 1.29 is 4.79 Å². The zero-order valence-electron chi connectivity index (χ0n) is 12.8. The molecule has 5 nitrogen and oxygen atoms in total. The highest BCUT2D eigenvalue weighted by molar-refractivity contribution is 6.30. The first-order valence-electron chi connectivity index (χ1n) is 7.83. The van der Waals surface area contributed by atoms with Gasteiger partial charge in [0, 0.05) is 11.1 Å². The van der Waals surface area contributed by atoms with Gasteiger partial charge in [0.2, 0.25) is 5.91 Å². The molecule has 0 atom stereocenters. The molecular weight excluding hydrogens is 312 g/mol. The number of carbonyl (C=O) groups excluding carboxylic acids is 1. The first kappa shape index (κ1) is 15.7. The quantitative estimate of drug-likeness (QED) is 0.877. The molecule has 0 aliphatic heterocycles. The summed E-state index contributed by atoms with van der Waals surface area (Å²) in [6, 6.07) is 11.3. The third-order valence-electron chi connectivity index (χ3n) is 3.92. The second kappa shape index (κ2) is 7.42. The Morgan fingerprint density at radius 2 is 1.70 bits per heavy atom. The van der Waals surface area contributed by atoms with Crippen LogP contribution in [0.15, 0.2) is 36.4 Å². The Kier molecular flexibility index (Phi) is 5.08. The Balaban J connectivity index is 1.52. The van der Waals surface area contributed by atoms with E-state index in [4.69, 9.17) is 11.6 Å². The van der Waals surface area contributed by atoms with E-state index in [9.17, 15) is 4.79 Å². The van der Waals surface area contributed by atoms with Gasteiger partial charge in [-0.3, -0.25) is 4.79 Å². The summed E-state index contributed by atoms with van der Waals surface area (Å²) in [5.74, 6) is 1.09. The van der Waals surface area contributed by atoms with Crippen LogP contribution in [-0.2, 0) is 11.2 Å². The van der Waals surface area contributed by atoms with Crippen molar-refractivity contribution in [3.05, 3.63) is 47.0 Å².